The number of hydrogen-bond acceptors (Lipinski definition) is 6. The van der Waals surface area contributed by atoms with Gasteiger partial charge >= 0.3 is 0 Å². The first-order chi connectivity index (χ1) is 13.1. The molecule has 29 heavy (non-hydrogen) atoms. The van der Waals surface area contributed by atoms with Crippen LogP contribution >= 0.6 is 0 Å². The van der Waals surface area contributed by atoms with Gasteiger partial charge in [0.15, 0.2) is 11.5 Å². The van der Waals surface area contributed by atoms with Crippen LogP contribution in [0.2, 0.25) is 0 Å². The largest absolute Gasteiger partial charge is 0.503 e. The Labute approximate surface area is 168 Å². The molecule has 1 amide bonds. The number of amides is 1. The van der Waals surface area contributed by atoms with E-state index >= 15 is 0 Å². The van der Waals surface area contributed by atoms with E-state index in [4.69, 9.17) is 4.42 Å². The Kier molecular flexibility index (Phi) is 6.32. The second kappa shape index (κ2) is 8.20. The van der Waals surface area contributed by atoms with Gasteiger partial charge in [-0.2, -0.15) is 0 Å². The highest BCUT2D eigenvalue weighted by molar-refractivity contribution is 7.90. The molecular formula is C20H22FNO6S. The third-order valence-corrected chi connectivity index (χ3v) is 5.38. The molecule has 3 rings (SSSR count). The highest BCUT2D eigenvalue weighted by Gasteiger charge is 2.36. The van der Waals surface area contributed by atoms with Gasteiger partial charge < -0.3 is 14.4 Å². The van der Waals surface area contributed by atoms with E-state index in [0.29, 0.717) is 12.1 Å². The molecule has 1 aromatic heterocycles. The van der Waals surface area contributed by atoms with E-state index in [0.717, 1.165) is 6.26 Å². The lowest BCUT2D eigenvalue weighted by molar-refractivity contribution is -0.127. The van der Waals surface area contributed by atoms with Crippen molar-refractivity contribution < 1.29 is 31.9 Å². The molecule has 1 aliphatic heterocycles. The fourth-order valence-electron chi connectivity index (χ4n) is 2.92. The van der Waals surface area contributed by atoms with Gasteiger partial charge in [-0.3, -0.25) is 9.59 Å². The van der Waals surface area contributed by atoms with Crippen molar-refractivity contribution in [3.63, 3.8) is 0 Å². The summed E-state index contributed by atoms with van der Waals surface area (Å²) < 4.78 is 42.2. The van der Waals surface area contributed by atoms with E-state index in [2.05, 4.69) is 0 Å². The number of nitrogens with zero attached hydrogens (tertiary/aromatic N) is 1. The van der Waals surface area contributed by atoms with Crippen LogP contribution in [0.1, 0.15) is 36.0 Å². The van der Waals surface area contributed by atoms with Crippen molar-refractivity contribution in [2.75, 3.05) is 19.3 Å². The molecule has 0 bridgehead atoms. The van der Waals surface area contributed by atoms with Crippen LogP contribution in [0.25, 0.3) is 0 Å². The summed E-state index contributed by atoms with van der Waals surface area (Å²) in [5.74, 6) is -2.79. The van der Waals surface area contributed by atoms with E-state index in [9.17, 15) is 27.5 Å². The van der Waals surface area contributed by atoms with Gasteiger partial charge in [0, 0.05) is 30.9 Å². The van der Waals surface area contributed by atoms with Crippen molar-refractivity contribution >= 4 is 21.5 Å². The number of furan rings is 1. The van der Waals surface area contributed by atoms with Gasteiger partial charge in [0.1, 0.15) is 5.82 Å². The monoisotopic (exact) mass is 423 g/mol. The summed E-state index contributed by atoms with van der Waals surface area (Å²) in [5, 5.41) is 9.64. The second-order valence-corrected chi connectivity index (χ2v) is 8.42. The maximum absolute atomic E-state index is 13.1. The third-order valence-electron chi connectivity index (χ3n) is 4.45. The maximum Gasteiger partial charge on any atom is 0.289 e. The molecule has 0 saturated carbocycles. The zero-order valence-electron chi connectivity index (χ0n) is 15.2. The predicted octanol–water partition coefficient (Wildman–Crippen LogP) is 2.91. The lowest BCUT2D eigenvalue weighted by Gasteiger charge is -2.11. The van der Waals surface area contributed by atoms with Gasteiger partial charge in [-0.1, -0.05) is 19.6 Å². The Morgan fingerprint density at radius 3 is 2.41 bits per heavy atom. The minimum absolute atomic E-state index is 0. The van der Waals surface area contributed by atoms with Crippen molar-refractivity contribution in [2.24, 2.45) is 0 Å². The second-order valence-electron chi connectivity index (χ2n) is 6.47. The number of hydrogen-bond donors (Lipinski definition) is 1. The van der Waals surface area contributed by atoms with Crippen LogP contribution in [0.15, 0.2) is 51.2 Å². The van der Waals surface area contributed by atoms with Gasteiger partial charge in [0.05, 0.1) is 12.1 Å². The Morgan fingerprint density at radius 1 is 1.28 bits per heavy atom. The Morgan fingerprint density at radius 2 is 1.90 bits per heavy atom. The zero-order valence-corrected chi connectivity index (χ0v) is 16.0. The van der Waals surface area contributed by atoms with Crippen LogP contribution < -0.4 is 0 Å². The lowest BCUT2D eigenvalue weighted by atomic mass is 10.0. The van der Waals surface area contributed by atoms with Crippen molar-refractivity contribution in [3.05, 3.63) is 64.4 Å². The van der Waals surface area contributed by atoms with Gasteiger partial charge in [0.25, 0.3) is 5.91 Å². The number of carbonyl (C=O) groups is 2. The minimum Gasteiger partial charge on any atom is -0.503 e. The van der Waals surface area contributed by atoms with Crippen LogP contribution in [-0.2, 0) is 21.1 Å². The molecule has 0 saturated heterocycles. The molecule has 0 fully saturated rings. The Balaban J connectivity index is 0.00000300. The summed E-state index contributed by atoms with van der Waals surface area (Å²) in [6, 6.07) is 6.74. The summed E-state index contributed by atoms with van der Waals surface area (Å²) in [6.07, 6.45) is 1.05. The topological polar surface area (TPSA) is 105 Å². The quantitative estimate of drug-likeness (QED) is 0.717. The first-order valence-electron chi connectivity index (χ1n) is 8.45. The molecule has 1 aromatic carbocycles. The van der Waals surface area contributed by atoms with Gasteiger partial charge in [-0.25, -0.2) is 12.8 Å². The number of carbonyl (C=O) groups excluding carboxylic acids is 2. The highest BCUT2D eigenvalue weighted by atomic mass is 32.2. The van der Waals surface area contributed by atoms with E-state index < -0.39 is 38.2 Å². The van der Waals surface area contributed by atoms with E-state index in [1.54, 1.807) is 6.92 Å². The molecule has 7 nitrogen and oxygen atoms in total. The molecule has 0 radical (unpaired) electrons. The van der Waals surface area contributed by atoms with Crippen LogP contribution in [-0.4, -0.2) is 49.5 Å². The number of aliphatic hydroxyl groups is 1. The zero-order chi connectivity index (χ0) is 20.6. The fourth-order valence-corrected chi connectivity index (χ4v) is 3.51. The van der Waals surface area contributed by atoms with E-state index in [-0.39, 0.29) is 37.3 Å². The summed E-state index contributed by atoms with van der Waals surface area (Å²) >= 11 is 0. The number of likely N-dealkylation sites (N-methyl/N-ethyl adjacent to an activating group) is 1. The molecule has 9 heteroatoms. The molecule has 0 unspecified atom stereocenters. The summed E-state index contributed by atoms with van der Waals surface area (Å²) in [7, 11) is -3.74. The molecular weight excluding hydrogens is 401 g/mol. The van der Waals surface area contributed by atoms with Gasteiger partial charge in [-0.15, -0.1) is 0 Å². The van der Waals surface area contributed by atoms with Crippen molar-refractivity contribution in [3.8, 4) is 0 Å². The fraction of sp³-hybridized carbons (Fsp3) is 0.300. The lowest BCUT2D eigenvalue weighted by Crippen LogP contribution is -2.27. The molecule has 0 atom stereocenters. The summed E-state index contributed by atoms with van der Waals surface area (Å²) in [6.45, 7) is 1.91. The molecule has 1 aliphatic rings. The normalized spacial score (nSPS) is 14.3. The Bertz CT molecular complexity index is 1080. The standard InChI is InChI=1S/C19H18FNO6S.CH4/c1-3-21-10-14(17(23)19(21)24)16(22)18-12(9-15(27-18)28(2,25)26)8-11-4-6-13(20)7-5-11;/h4-7,9,23H,3,8,10H2,1-2H3;1H4. The smallest absolute Gasteiger partial charge is 0.289 e. The number of benzene rings is 1. The summed E-state index contributed by atoms with van der Waals surface area (Å²) in [4.78, 5) is 26.2. The van der Waals surface area contributed by atoms with Gasteiger partial charge in [-0.05, 0) is 24.6 Å². The van der Waals surface area contributed by atoms with Crippen molar-refractivity contribution in [2.45, 2.75) is 25.9 Å². The molecule has 0 spiro atoms. The van der Waals surface area contributed by atoms with Gasteiger partial charge in [0.2, 0.25) is 20.7 Å². The third kappa shape index (κ3) is 4.40. The Hall–Kier alpha value is -2.94. The molecule has 156 valence electrons. The SMILES string of the molecule is C.CCN1CC(C(=O)c2oc(S(C)(=O)=O)cc2Cc2ccc(F)cc2)=C(O)C1=O. The van der Waals surface area contributed by atoms with E-state index in [1.807, 2.05) is 0 Å². The number of aliphatic hydroxyl groups excluding tert-OH is 1. The molecule has 2 aromatic rings. The first-order valence-corrected chi connectivity index (χ1v) is 10.3. The van der Waals surface area contributed by atoms with Crippen LogP contribution in [0.3, 0.4) is 0 Å². The molecule has 1 N–H and O–H groups in total. The van der Waals surface area contributed by atoms with Crippen LogP contribution in [0.5, 0.6) is 0 Å². The highest BCUT2D eigenvalue weighted by Crippen LogP contribution is 2.28. The van der Waals surface area contributed by atoms with Crippen molar-refractivity contribution in [1.29, 1.82) is 0 Å². The minimum atomic E-state index is -3.74. The number of halogens is 1. The molecule has 2 heterocycles. The van der Waals surface area contributed by atoms with Crippen molar-refractivity contribution in [1.82, 2.24) is 4.90 Å². The van der Waals surface area contributed by atoms with Crippen LogP contribution in [0, 0.1) is 5.82 Å². The van der Waals surface area contributed by atoms with E-state index in [1.165, 1.54) is 35.2 Å². The number of rotatable bonds is 6. The van der Waals surface area contributed by atoms with Crippen LogP contribution in [0.4, 0.5) is 4.39 Å². The molecule has 0 aliphatic carbocycles. The first kappa shape index (κ1) is 22.4. The summed E-state index contributed by atoms with van der Waals surface area (Å²) in [5.41, 5.74) is 0.744. The number of ketones is 1. The number of sulfone groups is 1. The average Bonchev–Trinajstić information content (AvgIpc) is 3.19. The predicted molar refractivity (Wildman–Crippen MR) is 104 cm³/mol. The average molecular weight is 423 g/mol. The maximum atomic E-state index is 13.1. The number of Topliss-reactive ketones (excluding diaryl/α,β-unsaturated/α-hetero) is 1.